The number of nitro groups is 1. The average molecular weight is 296 g/mol. The monoisotopic (exact) mass is 296 g/mol. The van der Waals surface area contributed by atoms with Crippen LogP contribution in [0, 0.1) is 10.1 Å². The number of hydrogen-bond acceptors (Lipinski definition) is 5. The van der Waals surface area contributed by atoms with E-state index in [9.17, 15) is 32.5 Å². The van der Waals surface area contributed by atoms with Gasteiger partial charge in [-0.15, -0.1) is 0 Å². The minimum atomic E-state index is -4.42. The van der Waals surface area contributed by atoms with Crippen LogP contribution in [0.3, 0.4) is 0 Å². The van der Waals surface area contributed by atoms with Gasteiger partial charge < -0.3 is 11.1 Å². The predicted octanol–water partition coefficient (Wildman–Crippen LogP) is 1.20. The van der Waals surface area contributed by atoms with E-state index in [0.29, 0.717) is 6.07 Å². The van der Waals surface area contributed by atoms with Crippen molar-refractivity contribution in [2.75, 3.05) is 12.3 Å². The van der Waals surface area contributed by atoms with Gasteiger partial charge in [0.2, 0.25) is 0 Å². The van der Waals surface area contributed by atoms with E-state index in [2.05, 4.69) is 4.98 Å². The summed E-state index contributed by atoms with van der Waals surface area (Å²) in [5.74, 6) is -6.13. The van der Waals surface area contributed by atoms with E-state index >= 15 is 0 Å². The highest BCUT2D eigenvalue weighted by Gasteiger charge is 2.41. The number of nitrogens with one attached hydrogen (secondary N) is 1. The lowest BCUT2D eigenvalue weighted by Gasteiger charge is -2.15. The molecule has 1 aromatic rings. The van der Waals surface area contributed by atoms with Gasteiger partial charge in [0.25, 0.3) is 11.6 Å². The molecule has 1 rings (SSSR count). The second kappa shape index (κ2) is 5.67. The van der Waals surface area contributed by atoms with Crippen LogP contribution in [0.1, 0.15) is 10.4 Å². The number of carbonyl (C=O) groups is 1. The van der Waals surface area contributed by atoms with E-state index in [1.807, 2.05) is 0 Å². The fourth-order valence-electron chi connectivity index (χ4n) is 1.12. The van der Waals surface area contributed by atoms with E-state index in [0.717, 1.165) is 6.20 Å². The molecule has 1 aromatic heterocycles. The van der Waals surface area contributed by atoms with Crippen molar-refractivity contribution in [2.45, 2.75) is 12.3 Å². The van der Waals surface area contributed by atoms with Gasteiger partial charge >= 0.3 is 12.3 Å². The Bertz CT molecular complexity index is 538. The van der Waals surface area contributed by atoms with Crippen molar-refractivity contribution in [1.82, 2.24) is 10.3 Å². The second-order valence-electron chi connectivity index (χ2n) is 3.63. The highest BCUT2D eigenvalue weighted by Crippen LogP contribution is 2.22. The Morgan fingerprint density at radius 1 is 1.55 bits per heavy atom. The summed E-state index contributed by atoms with van der Waals surface area (Å²) in [7, 11) is 0. The number of nitrogen functional groups attached to an aromatic ring is 1. The summed E-state index contributed by atoms with van der Waals surface area (Å²) in [4.78, 5) is 24.4. The van der Waals surface area contributed by atoms with Gasteiger partial charge in [-0.2, -0.15) is 8.78 Å². The van der Waals surface area contributed by atoms with E-state index in [-0.39, 0.29) is 0 Å². The van der Waals surface area contributed by atoms with Gasteiger partial charge in [0.15, 0.2) is 0 Å². The summed E-state index contributed by atoms with van der Waals surface area (Å²) >= 11 is 0. The zero-order valence-corrected chi connectivity index (χ0v) is 9.65. The van der Waals surface area contributed by atoms with Crippen LogP contribution in [0.2, 0.25) is 0 Å². The number of anilines is 1. The molecule has 0 saturated heterocycles. The number of amides is 1. The minimum absolute atomic E-state index is 0.450. The average Bonchev–Trinajstić information content (AvgIpc) is 2.36. The van der Waals surface area contributed by atoms with Crippen molar-refractivity contribution in [3.63, 3.8) is 0 Å². The number of pyridine rings is 1. The summed E-state index contributed by atoms with van der Waals surface area (Å²) in [5.41, 5.74) is 4.12. The third kappa shape index (κ3) is 3.52. The molecule has 0 aromatic carbocycles. The van der Waals surface area contributed by atoms with Gasteiger partial charge in [-0.25, -0.2) is 13.8 Å². The Morgan fingerprint density at radius 2 is 2.15 bits per heavy atom. The fourth-order valence-corrected chi connectivity index (χ4v) is 1.12. The van der Waals surface area contributed by atoms with Gasteiger partial charge in [0.05, 0.1) is 17.0 Å². The Kier molecular flexibility index (Phi) is 4.42. The first kappa shape index (κ1) is 15.6. The van der Waals surface area contributed by atoms with E-state index in [1.165, 1.54) is 5.32 Å². The van der Waals surface area contributed by atoms with Gasteiger partial charge in [0, 0.05) is 6.07 Å². The molecule has 0 bridgehead atoms. The van der Waals surface area contributed by atoms with Gasteiger partial charge in [-0.05, 0) is 0 Å². The van der Waals surface area contributed by atoms with E-state index in [1.54, 1.807) is 0 Å². The maximum absolute atomic E-state index is 12.6. The molecule has 0 aliphatic heterocycles. The first-order chi connectivity index (χ1) is 9.15. The lowest BCUT2D eigenvalue weighted by molar-refractivity contribution is -0.385. The maximum atomic E-state index is 12.6. The quantitative estimate of drug-likeness (QED) is 0.482. The number of hydrogen-bond donors (Lipinski definition) is 2. The Morgan fingerprint density at radius 3 is 2.65 bits per heavy atom. The second-order valence-corrected chi connectivity index (χ2v) is 3.63. The standard InChI is InChI=1S/C9H8F4N4O3/c10-8(11)9(12,13)3-16-7(18)5-1-4(17(19)20)2-15-6(5)14/h1-2,8H,3H2,(H2,14,15)(H,16,18). The van der Waals surface area contributed by atoms with Crippen LogP contribution >= 0.6 is 0 Å². The smallest absolute Gasteiger partial charge is 0.324 e. The number of nitrogens with two attached hydrogens (primary N) is 1. The number of aromatic nitrogens is 1. The van der Waals surface area contributed by atoms with Crippen LogP contribution in [0.25, 0.3) is 0 Å². The van der Waals surface area contributed by atoms with Crippen LogP contribution in [-0.2, 0) is 0 Å². The summed E-state index contributed by atoms with van der Waals surface area (Å²) in [6.07, 6.45) is -3.19. The SMILES string of the molecule is Nc1ncc([N+](=O)[O-])cc1C(=O)NCC(F)(F)C(F)F. The molecule has 7 nitrogen and oxygen atoms in total. The normalized spacial score (nSPS) is 11.4. The van der Waals surface area contributed by atoms with Gasteiger partial charge in [-0.1, -0.05) is 0 Å². The van der Waals surface area contributed by atoms with Crippen LogP contribution in [-0.4, -0.2) is 34.7 Å². The van der Waals surface area contributed by atoms with Gasteiger partial charge in [-0.3, -0.25) is 14.9 Å². The van der Waals surface area contributed by atoms with Crippen molar-refractivity contribution < 1.29 is 27.3 Å². The Labute approximate surface area is 108 Å². The maximum Gasteiger partial charge on any atom is 0.324 e. The molecule has 0 spiro atoms. The molecule has 0 aliphatic carbocycles. The molecule has 1 amide bonds. The number of rotatable bonds is 5. The molecule has 3 N–H and O–H groups in total. The molecular formula is C9H8F4N4O3. The van der Waals surface area contributed by atoms with Crippen LogP contribution < -0.4 is 11.1 Å². The zero-order valence-electron chi connectivity index (χ0n) is 9.65. The summed E-state index contributed by atoms with van der Waals surface area (Å²) in [5, 5.41) is 12.0. The lowest BCUT2D eigenvalue weighted by Crippen LogP contribution is -2.41. The molecule has 20 heavy (non-hydrogen) atoms. The molecule has 0 aliphatic rings. The minimum Gasteiger partial charge on any atom is -0.383 e. The number of alkyl halides is 4. The molecule has 0 fully saturated rings. The van der Waals surface area contributed by atoms with Crippen LogP contribution in [0.5, 0.6) is 0 Å². The first-order valence-corrected chi connectivity index (χ1v) is 4.99. The zero-order chi connectivity index (χ0) is 15.5. The Hall–Kier alpha value is -2.46. The fraction of sp³-hybridized carbons (Fsp3) is 0.333. The van der Waals surface area contributed by atoms with Crippen molar-refractivity contribution in [2.24, 2.45) is 0 Å². The van der Waals surface area contributed by atoms with E-state index in [4.69, 9.17) is 5.73 Å². The lowest BCUT2D eigenvalue weighted by atomic mass is 10.2. The number of carbonyl (C=O) groups excluding carboxylic acids is 1. The summed E-state index contributed by atoms with van der Waals surface area (Å²) in [6, 6.07) is 0.707. The van der Waals surface area contributed by atoms with E-state index < -0.39 is 46.8 Å². The van der Waals surface area contributed by atoms with Crippen molar-refractivity contribution in [3.05, 3.63) is 27.9 Å². The van der Waals surface area contributed by atoms with Gasteiger partial charge in [0.1, 0.15) is 12.0 Å². The third-order valence-corrected chi connectivity index (χ3v) is 2.16. The van der Waals surface area contributed by atoms with Crippen molar-refractivity contribution >= 4 is 17.4 Å². The first-order valence-electron chi connectivity index (χ1n) is 4.99. The van der Waals surface area contributed by atoms with Crippen LogP contribution in [0.15, 0.2) is 12.3 Å². The largest absolute Gasteiger partial charge is 0.383 e. The molecule has 0 saturated carbocycles. The molecule has 1 heterocycles. The third-order valence-electron chi connectivity index (χ3n) is 2.16. The van der Waals surface area contributed by atoms with Crippen LogP contribution in [0.4, 0.5) is 29.1 Å². The topological polar surface area (TPSA) is 111 Å². The Balaban J connectivity index is 2.88. The number of nitrogens with zero attached hydrogens (tertiary/aromatic N) is 2. The summed E-state index contributed by atoms with van der Waals surface area (Å²) in [6.45, 7) is -1.63. The molecule has 110 valence electrons. The molecule has 0 radical (unpaired) electrons. The van der Waals surface area contributed by atoms with Crippen molar-refractivity contribution in [1.29, 1.82) is 0 Å². The highest BCUT2D eigenvalue weighted by molar-refractivity contribution is 5.98. The highest BCUT2D eigenvalue weighted by atomic mass is 19.3. The predicted molar refractivity (Wildman–Crippen MR) is 58.6 cm³/mol. The summed E-state index contributed by atoms with van der Waals surface area (Å²) < 4.78 is 49.0. The molecular weight excluding hydrogens is 288 g/mol. The molecule has 0 atom stereocenters. The number of halogens is 4. The van der Waals surface area contributed by atoms with Crippen molar-refractivity contribution in [3.8, 4) is 0 Å². The molecule has 11 heteroatoms. The molecule has 0 unspecified atom stereocenters.